The zero-order valence-electron chi connectivity index (χ0n) is 19.6. The number of hydrogen-bond acceptors (Lipinski definition) is 6. The molecule has 0 bridgehead atoms. The molecule has 0 radical (unpaired) electrons. The predicted octanol–water partition coefficient (Wildman–Crippen LogP) is 1.14. The zero-order chi connectivity index (χ0) is 24.8. The number of amides is 1. The molecule has 0 aromatic heterocycles. The first-order valence-corrected chi connectivity index (χ1v) is 11.3. The van der Waals surface area contributed by atoms with Crippen molar-refractivity contribution < 1.29 is 29.3 Å². The highest BCUT2D eigenvalue weighted by Crippen LogP contribution is 2.39. The number of rotatable bonds is 10. The first-order valence-electron chi connectivity index (χ1n) is 11.3. The number of nitrogens with zero attached hydrogens (tertiary/aromatic N) is 2. The SMILES string of the molecule is CC[NH+](CC)CCCN1C(=O)C(=O)C(=C([O-])c2cccc(OC)c2)C1c1ccc([N+](=O)[O-])cc1. The number of carbonyl (C=O) groups is 2. The van der Waals surface area contributed by atoms with E-state index >= 15 is 0 Å². The van der Waals surface area contributed by atoms with Crippen LogP contribution in [0.1, 0.15) is 37.4 Å². The highest BCUT2D eigenvalue weighted by Gasteiger charge is 2.44. The maximum Gasteiger partial charge on any atom is 0.295 e. The number of nitro groups is 1. The number of likely N-dealkylation sites (tertiary alicyclic amines) is 1. The Morgan fingerprint density at radius 2 is 1.79 bits per heavy atom. The number of Topliss-reactive ketones (excluding diaryl/α,β-unsaturated/α-hetero) is 1. The molecule has 9 heteroatoms. The smallest absolute Gasteiger partial charge is 0.295 e. The van der Waals surface area contributed by atoms with Crippen LogP contribution in [0.3, 0.4) is 0 Å². The average molecular weight is 468 g/mol. The molecule has 1 N–H and O–H groups in total. The number of non-ortho nitro benzene ring substituents is 1. The van der Waals surface area contributed by atoms with E-state index in [0.717, 1.165) is 19.6 Å². The Kier molecular flexibility index (Phi) is 8.01. The van der Waals surface area contributed by atoms with Gasteiger partial charge >= 0.3 is 0 Å². The minimum absolute atomic E-state index is 0.114. The van der Waals surface area contributed by atoms with Gasteiger partial charge in [-0.1, -0.05) is 17.9 Å². The summed E-state index contributed by atoms with van der Waals surface area (Å²) in [6, 6.07) is 11.1. The van der Waals surface area contributed by atoms with E-state index in [9.17, 15) is 24.8 Å². The number of quaternary nitrogens is 1. The van der Waals surface area contributed by atoms with Gasteiger partial charge < -0.3 is 19.6 Å². The van der Waals surface area contributed by atoms with E-state index in [1.165, 1.54) is 47.2 Å². The second-order valence-corrected chi connectivity index (χ2v) is 8.11. The quantitative estimate of drug-likeness (QED) is 0.184. The van der Waals surface area contributed by atoms with E-state index in [1.807, 2.05) is 0 Å². The Hall–Kier alpha value is -3.72. The summed E-state index contributed by atoms with van der Waals surface area (Å²) in [7, 11) is 1.47. The molecule has 1 unspecified atom stereocenters. The van der Waals surface area contributed by atoms with Gasteiger partial charge in [0, 0.05) is 30.7 Å². The standard InChI is InChI=1S/C25H29N3O6/c1-4-26(5-2)14-7-15-27-22(17-10-12-19(13-11-17)28(32)33)21(24(30)25(27)31)23(29)18-8-6-9-20(16-18)34-3/h6,8-13,16,22,29H,4-5,7,14-15H2,1-3H3. The molecule has 1 aliphatic rings. The molecule has 1 aliphatic heterocycles. The molecule has 180 valence electrons. The van der Waals surface area contributed by atoms with Crippen molar-refractivity contribution in [1.82, 2.24) is 4.90 Å². The molecule has 0 spiro atoms. The van der Waals surface area contributed by atoms with Gasteiger partial charge in [-0.25, -0.2) is 0 Å². The van der Waals surface area contributed by atoms with Gasteiger partial charge in [0.15, 0.2) is 0 Å². The van der Waals surface area contributed by atoms with Crippen molar-refractivity contribution in [2.75, 3.05) is 33.3 Å². The summed E-state index contributed by atoms with van der Waals surface area (Å²) < 4.78 is 5.19. The molecule has 1 heterocycles. The van der Waals surface area contributed by atoms with E-state index in [2.05, 4.69) is 13.8 Å². The van der Waals surface area contributed by atoms with Crippen molar-refractivity contribution >= 4 is 23.1 Å². The molecular formula is C25H29N3O6. The van der Waals surface area contributed by atoms with Crippen LogP contribution < -0.4 is 14.7 Å². The van der Waals surface area contributed by atoms with Gasteiger partial charge in [0.25, 0.3) is 11.6 Å². The van der Waals surface area contributed by atoms with E-state index in [-0.39, 0.29) is 16.8 Å². The lowest BCUT2D eigenvalue weighted by Gasteiger charge is -2.28. The third-order valence-corrected chi connectivity index (χ3v) is 6.21. The van der Waals surface area contributed by atoms with Crippen molar-refractivity contribution in [3.63, 3.8) is 0 Å². The van der Waals surface area contributed by atoms with Gasteiger partial charge in [-0.2, -0.15) is 0 Å². The molecule has 2 aromatic rings. The number of hydrogen-bond donors (Lipinski definition) is 1. The number of nitro benzene ring substituents is 1. The van der Waals surface area contributed by atoms with Crippen molar-refractivity contribution in [2.24, 2.45) is 0 Å². The molecule has 1 amide bonds. The van der Waals surface area contributed by atoms with Crippen LogP contribution in [-0.2, 0) is 9.59 Å². The lowest BCUT2D eigenvalue weighted by Crippen LogP contribution is -3.11. The third-order valence-electron chi connectivity index (χ3n) is 6.21. The Balaban J connectivity index is 2.06. The number of ether oxygens (including phenoxy) is 1. The van der Waals surface area contributed by atoms with Gasteiger partial charge in [-0.3, -0.25) is 19.7 Å². The fraction of sp³-hybridized carbons (Fsp3) is 0.360. The topological polar surface area (TPSA) is 117 Å². The number of ketones is 1. The Morgan fingerprint density at radius 3 is 2.38 bits per heavy atom. The lowest BCUT2D eigenvalue weighted by molar-refractivity contribution is -0.896. The fourth-order valence-electron chi connectivity index (χ4n) is 4.25. The Labute approximate surface area is 198 Å². The number of nitrogens with one attached hydrogen (secondary N) is 1. The molecule has 9 nitrogen and oxygen atoms in total. The molecular weight excluding hydrogens is 438 g/mol. The third kappa shape index (κ3) is 5.09. The molecule has 1 fully saturated rings. The second kappa shape index (κ2) is 10.9. The maximum atomic E-state index is 13.4. The fourth-order valence-corrected chi connectivity index (χ4v) is 4.25. The zero-order valence-corrected chi connectivity index (χ0v) is 19.6. The van der Waals surface area contributed by atoms with Crippen molar-refractivity contribution in [3.8, 4) is 5.75 Å². The number of methoxy groups -OCH3 is 1. The van der Waals surface area contributed by atoms with Gasteiger partial charge in [0.2, 0.25) is 5.78 Å². The lowest BCUT2D eigenvalue weighted by atomic mass is 9.95. The summed E-state index contributed by atoms with van der Waals surface area (Å²) in [6.45, 7) is 7.17. The summed E-state index contributed by atoms with van der Waals surface area (Å²) >= 11 is 0. The number of benzene rings is 2. The molecule has 34 heavy (non-hydrogen) atoms. The van der Waals surface area contributed by atoms with Crippen LogP contribution >= 0.6 is 0 Å². The Morgan fingerprint density at radius 1 is 1.12 bits per heavy atom. The van der Waals surface area contributed by atoms with Crippen molar-refractivity contribution in [3.05, 3.63) is 75.3 Å². The Bertz CT molecular complexity index is 1090. The number of carbonyl (C=O) groups excluding carboxylic acids is 2. The minimum atomic E-state index is -0.911. The van der Waals surface area contributed by atoms with Gasteiger partial charge in [-0.15, -0.1) is 0 Å². The molecule has 0 aliphatic carbocycles. The van der Waals surface area contributed by atoms with E-state index in [0.29, 0.717) is 24.3 Å². The van der Waals surface area contributed by atoms with Crippen LogP contribution in [0.25, 0.3) is 5.76 Å². The monoisotopic (exact) mass is 467 g/mol. The second-order valence-electron chi connectivity index (χ2n) is 8.11. The minimum Gasteiger partial charge on any atom is -0.872 e. The highest BCUT2D eigenvalue weighted by atomic mass is 16.6. The molecule has 3 rings (SSSR count). The van der Waals surface area contributed by atoms with Crippen molar-refractivity contribution in [1.29, 1.82) is 0 Å². The highest BCUT2D eigenvalue weighted by molar-refractivity contribution is 6.46. The van der Waals surface area contributed by atoms with E-state index in [4.69, 9.17) is 4.74 Å². The van der Waals surface area contributed by atoms with Crippen LogP contribution in [0.15, 0.2) is 54.1 Å². The van der Waals surface area contributed by atoms with Crippen LogP contribution in [0.4, 0.5) is 5.69 Å². The summed E-state index contributed by atoms with van der Waals surface area (Å²) in [6.07, 6.45) is 0.653. The summed E-state index contributed by atoms with van der Waals surface area (Å²) in [5.74, 6) is -1.68. The molecule has 0 saturated carbocycles. The maximum absolute atomic E-state index is 13.4. The van der Waals surface area contributed by atoms with Crippen LogP contribution in [0.2, 0.25) is 0 Å². The molecule has 2 aromatic carbocycles. The van der Waals surface area contributed by atoms with Crippen molar-refractivity contribution in [2.45, 2.75) is 26.3 Å². The first kappa shape index (κ1) is 24.9. The summed E-state index contributed by atoms with van der Waals surface area (Å²) in [5.41, 5.74) is 0.446. The average Bonchev–Trinajstić information content (AvgIpc) is 3.11. The normalized spacial score (nSPS) is 17.4. The summed E-state index contributed by atoms with van der Waals surface area (Å²) in [5, 5.41) is 24.5. The summed E-state index contributed by atoms with van der Waals surface area (Å²) in [4.78, 5) is 39.4. The predicted molar refractivity (Wildman–Crippen MR) is 124 cm³/mol. The van der Waals surface area contributed by atoms with Crippen LogP contribution in [0.5, 0.6) is 5.75 Å². The van der Waals surface area contributed by atoms with Crippen LogP contribution in [0, 0.1) is 10.1 Å². The first-order chi connectivity index (χ1) is 16.3. The van der Waals surface area contributed by atoms with E-state index in [1.54, 1.807) is 18.2 Å². The molecule has 1 atom stereocenters. The van der Waals surface area contributed by atoms with Crippen LogP contribution in [-0.4, -0.2) is 54.8 Å². The van der Waals surface area contributed by atoms with Gasteiger partial charge in [0.1, 0.15) is 5.75 Å². The van der Waals surface area contributed by atoms with E-state index < -0.39 is 28.4 Å². The van der Waals surface area contributed by atoms with Gasteiger partial charge in [-0.05, 0) is 49.2 Å². The molecule has 1 saturated heterocycles. The largest absolute Gasteiger partial charge is 0.872 e. The van der Waals surface area contributed by atoms with Gasteiger partial charge in [0.05, 0.1) is 37.7 Å².